The Kier molecular flexibility index (Phi) is 3.02. The van der Waals surface area contributed by atoms with Crippen molar-refractivity contribution in [3.8, 4) is 22.6 Å². The molecule has 7 heteroatoms. The molecule has 7 nitrogen and oxygen atoms in total. The number of hydrogen-bond donors (Lipinski definition) is 2. The molecule has 0 radical (unpaired) electrons. The molecule has 1 aliphatic rings. The fraction of sp³-hybridized carbons (Fsp3) is 0.143. The lowest BCUT2D eigenvalue weighted by Crippen LogP contribution is -2.09. The third-order valence-electron chi connectivity index (χ3n) is 3.17. The average Bonchev–Trinajstić information content (AvgIpc) is 3.11. The second-order valence-electron chi connectivity index (χ2n) is 4.32. The molecule has 0 aliphatic carbocycles. The molecule has 2 heterocycles. The molecule has 0 spiro atoms. The monoisotopic (exact) mass is 289 g/mol. The Morgan fingerprint density at radius 1 is 1.29 bits per heavy atom. The zero-order valence-electron chi connectivity index (χ0n) is 11.0. The van der Waals surface area contributed by atoms with Crippen molar-refractivity contribution in [3.05, 3.63) is 35.7 Å². The first-order valence-electron chi connectivity index (χ1n) is 6.05. The highest BCUT2D eigenvalue weighted by molar-refractivity contribution is 6.06. The van der Waals surface area contributed by atoms with Gasteiger partial charge >= 0.3 is 11.9 Å². The number of carboxylic acids is 1. The largest absolute Gasteiger partial charge is 0.478 e. The molecule has 1 aromatic carbocycles. The minimum atomic E-state index is -1.22. The van der Waals surface area contributed by atoms with Crippen molar-refractivity contribution in [1.82, 2.24) is 4.98 Å². The van der Waals surface area contributed by atoms with E-state index in [-0.39, 0.29) is 18.1 Å². The number of carbonyl (C=O) groups excluding carboxylic acids is 1. The van der Waals surface area contributed by atoms with Gasteiger partial charge in [-0.1, -0.05) is 6.07 Å². The molecule has 0 saturated carbocycles. The summed E-state index contributed by atoms with van der Waals surface area (Å²) in [7, 11) is 1.19. The van der Waals surface area contributed by atoms with Gasteiger partial charge < -0.3 is 24.3 Å². The summed E-state index contributed by atoms with van der Waals surface area (Å²) in [4.78, 5) is 25.7. The number of aromatic nitrogens is 1. The molecule has 1 aliphatic heterocycles. The molecule has 0 amide bonds. The normalized spacial score (nSPS) is 12.2. The summed E-state index contributed by atoms with van der Waals surface area (Å²) in [6, 6.07) is 5.05. The van der Waals surface area contributed by atoms with Gasteiger partial charge in [0.05, 0.1) is 12.7 Å². The third kappa shape index (κ3) is 2.08. The predicted octanol–water partition coefficient (Wildman–Crippen LogP) is 1.90. The number of nitrogens with one attached hydrogen (secondary N) is 1. The molecule has 0 unspecified atom stereocenters. The van der Waals surface area contributed by atoms with Crippen LogP contribution in [0.2, 0.25) is 0 Å². The number of aromatic carboxylic acids is 1. The van der Waals surface area contributed by atoms with E-state index >= 15 is 0 Å². The smallest absolute Gasteiger partial charge is 0.355 e. The van der Waals surface area contributed by atoms with E-state index in [9.17, 15) is 14.7 Å². The fourth-order valence-electron chi connectivity index (χ4n) is 2.20. The Morgan fingerprint density at radius 3 is 2.76 bits per heavy atom. The quantitative estimate of drug-likeness (QED) is 0.837. The zero-order valence-corrected chi connectivity index (χ0v) is 11.0. The number of hydrogen-bond acceptors (Lipinski definition) is 5. The van der Waals surface area contributed by atoms with Gasteiger partial charge in [-0.05, 0) is 17.7 Å². The summed E-state index contributed by atoms with van der Waals surface area (Å²) in [6.45, 7) is 0.130. The summed E-state index contributed by atoms with van der Waals surface area (Å²) in [5.41, 5.74) is 0.739. The first kappa shape index (κ1) is 13.0. The molecule has 2 N–H and O–H groups in total. The minimum Gasteiger partial charge on any atom is -0.478 e. The van der Waals surface area contributed by atoms with Gasteiger partial charge in [0.2, 0.25) is 6.79 Å². The number of esters is 1. The Labute approximate surface area is 119 Å². The molecular formula is C14H11NO6. The van der Waals surface area contributed by atoms with Gasteiger partial charge in [0.15, 0.2) is 11.5 Å². The van der Waals surface area contributed by atoms with Crippen molar-refractivity contribution >= 4 is 11.9 Å². The van der Waals surface area contributed by atoms with Crippen molar-refractivity contribution in [1.29, 1.82) is 0 Å². The highest BCUT2D eigenvalue weighted by atomic mass is 16.7. The van der Waals surface area contributed by atoms with Crippen LogP contribution in [0.1, 0.15) is 20.8 Å². The van der Waals surface area contributed by atoms with E-state index in [1.54, 1.807) is 18.2 Å². The number of fused-ring (bicyclic) bond motifs is 1. The molecule has 0 atom stereocenters. The van der Waals surface area contributed by atoms with E-state index in [2.05, 4.69) is 9.72 Å². The van der Waals surface area contributed by atoms with Gasteiger partial charge in [0, 0.05) is 11.8 Å². The third-order valence-corrected chi connectivity index (χ3v) is 3.17. The molecule has 0 saturated heterocycles. The van der Waals surface area contributed by atoms with Crippen LogP contribution in [0.25, 0.3) is 11.1 Å². The molecule has 0 bridgehead atoms. The van der Waals surface area contributed by atoms with Crippen LogP contribution in [0.5, 0.6) is 11.5 Å². The lowest BCUT2D eigenvalue weighted by Gasteiger charge is -2.04. The summed E-state index contributed by atoms with van der Waals surface area (Å²) in [5.74, 6) is -0.826. The van der Waals surface area contributed by atoms with E-state index in [4.69, 9.17) is 9.47 Å². The molecule has 21 heavy (non-hydrogen) atoms. The maximum Gasteiger partial charge on any atom is 0.355 e. The second-order valence-corrected chi connectivity index (χ2v) is 4.32. The summed E-state index contributed by atoms with van der Waals surface area (Å²) >= 11 is 0. The number of methoxy groups -OCH3 is 1. The van der Waals surface area contributed by atoms with Crippen LogP contribution in [0.15, 0.2) is 24.4 Å². The van der Waals surface area contributed by atoms with Crippen molar-refractivity contribution in [3.63, 3.8) is 0 Å². The second kappa shape index (κ2) is 4.86. The van der Waals surface area contributed by atoms with E-state index in [1.807, 2.05) is 0 Å². The molecular weight excluding hydrogens is 278 g/mol. The molecule has 108 valence electrons. The first-order chi connectivity index (χ1) is 10.1. The van der Waals surface area contributed by atoms with Crippen LogP contribution in [0.3, 0.4) is 0 Å². The van der Waals surface area contributed by atoms with E-state index < -0.39 is 11.9 Å². The maximum absolute atomic E-state index is 11.6. The molecule has 3 rings (SSSR count). The van der Waals surface area contributed by atoms with Crippen molar-refractivity contribution in [2.45, 2.75) is 0 Å². The number of aromatic amines is 1. The van der Waals surface area contributed by atoms with Crippen molar-refractivity contribution < 1.29 is 28.9 Å². The Morgan fingerprint density at radius 2 is 2.05 bits per heavy atom. The van der Waals surface area contributed by atoms with Crippen LogP contribution in [-0.4, -0.2) is 35.9 Å². The summed E-state index contributed by atoms with van der Waals surface area (Å²) in [6.07, 6.45) is 1.45. The standard InChI is InChI=1S/C14H11NO6/c1-19-14(18)12-11(13(16)17)8(5-15-12)7-2-3-9-10(4-7)21-6-20-9/h2-5,15H,6H2,1H3,(H,16,17). The predicted molar refractivity (Wildman–Crippen MR) is 70.7 cm³/mol. The van der Waals surface area contributed by atoms with Crippen molar-refractivity contribution in [2.24, 2.45) is 0 Å². The Balaban J connectivity index is 2.12. The number of carboxylic acid groups (broad SMARTS) is 1. The first-order valence-corrected chi connectivity index (χ1v) is 6.05. The highest BCUT2D eigenvalue weighted by Crippen LogP contribution is 2.37. The van der Waals surface area contributed by atoms with Gasteiger partial charge in [-0.2, -0.15) is 0 Å². The number of H-pyrrole nitrogens is 1. The highest BCUT2D eigenvalue weighted by Gasteiger charge is 2.25. The zero-order chi connectivity index (χ0) is 15.0. The van der Waals surface area contributed by atoms with Crippen LogP contribution in [0, 0.1) is 0 Å². The minimum absolute atomic E-state index is 0.0994. The Bertz CT molecular complexity index is 733. The van der Waals surface area contributed by atoms with Gasteiger partial charge in [0.25, 0.3) is 0 Å². The maximum atomic E-state index is 11.6. The van der Waals surface area contributed by atoms with Crippen LogP contribution < -0.4 is 9.47 Å². The van der Waals surface area contributed by atoms with Crippen LogP contribution in [0.4, 0.5) is 0 Å². The van der Waals surface area contributed by atoms with Gasteiger partial charge in [0.1, 0.15) is 5.69 Å². The van der Waals surface area contributed by atoms with Gasteiger partial charge in [-0.25, -0.2) is 9.59 Å². The van der Waals surface area contributed by atoms with E-state index in [1.165, 1.54) is 13.3 Å². The van der Waals surface area contributed by atoms with E-state index in [0.717, 1.165) is 0 Å². The van der Waals surface area contributed by atoms with Gasteiger partial charge in [-0.15, -0.1) is 0 Å². The Hall–Kier alpha value is -2.96. The SMILES string of the molecule is COC(=O)c1[nH]cc(-c2ccc3c(c2)OCO3)c1C(=O)O. The lowest BCUT2D eigenvalue weighted by molar-refractivity contribution is 0.0577. The number of rotatable bonds is 3. The average molecular weight is 289 g/mol. The molecule has 0 fully saturated rings. The van der Waals surface area contributed by atoms with E-state index in [0.29, 0.717) is 22.6 Å². The number of ether oxygens (including phenoxy) is 3. The summed E-state index contributed by atoms with van der Waals surface area (Å²) < 4.78 is 15.0. The molecule has 1 aromatic heterocycles. The molecule has 2 aromatic rings. The van der Waals surface area contributed by atoms with Gasteiger partial charge in [-0.3, -0.25) is 0 Å². The van der Waals surface area contributed by atoms with Crippen molar-refractivity contribution in [2.75, 3.05) is 13.9 Å². The fourth-order valence-corrected chi connectivity index (χ4v) is 2.20. The number of benzene rings is 1. The topological polar surface area (TPSA) is 97.9 Å². The number of carbonyl (C=O) groups is 2. The lowest BCUT2D eigenvalue weighted by atomic mass is 10.0. The van der Waals surface area contributed by atoms with Crippen LogP contribution in [-0.2, 0) is 4.74 Å². The van der Waals surface area contributed by atoms with Crippen LogP contribution >= 0.6 is 0 Å². The summed E-state index contributed by atoms with van der Waals surface area (Å²) in [5, 5.41) is 9.35.